The molecule has 3 atom stereocenters. The van der Waals surface area contributed by atoms with Crippen molar-refractivity contribution < 1.29 is 23.8 Å². The molecule has 0 bridgehead atoms. The van der Waals surface area contributed by atoms with E-state index < -0.39 is 0 Å². The Morgan fingerprint density at radius 2 is 2.00 bits per heavy atom. The average Bonchev–Trinajstić information content (AvgIpc) is 2.85. The standard InChI is InChI=1S/C26H36N4O5/c1-18-13-30(14-21-8-6-7-11-27-21)19(2)16-35-23-10-9-20(28-25(31)17-33-4)12-22(23)26(32)29(3)15-24(18)34-5/h6-12,18-19,24H,13-17H2,1-5H3,(H,28,31)/t18-,19-,24+/m1/s1. The number of ether oxygens (including phenoxy) is 3. The van der Waals surface area contributed by atoms with Crippen molar-refractivity contribution in [2.45, 2.75) is 32.5 Å². The van der Waals surface area contributed by atoms with E-state index in [0.29, 0.717) is 36.7 Å². The maximum absolute atomic E-state index is 13.4. The Labute approximate surface area is 207 Å². The fourth-order valence-corrected chi connectivity index (χ4v) is 4.18. The molecule has 9 nitrogen and oxygen atoms in total. The van der Waals surface area contributed by atoms with E-state index in [4.69, 9.17) is 14.2 Å². The Morgan fingerprint density at radius 3 is 2.69 bits per heavy atom. The monoisotopic (exact) mass is 484 g/mol. The third-order valence-corrected chi connectivity index (χ3v) is 6.22. The van der Waals surface area contributed by atoms with E-state index in [1.807, 2.05) is 18.2 Å². The summed E-state index contributed by atoms with van der Waals surface area (Å²) in [6, 6.07) is 11.1. The first-order valence-electron chi connectivity index (χ1n) is 11.8. The fourth-order valence-electron chi connectivity index (χ4n) is 4.18. The van der Waals surface area contributed by atoms with Gasteiger partial charge in [0.1, 0.15) is 19.0 Å². The van der Waals surface area contributed by atoms with E-state index in [-0.39, 0.29) is 36.5 Å². The van der Waals surface area contributed by atoms with E-state index in [2.05, 4.69) is 29.0 Å². The van der Waals surface area contributed by atoms with Crippen LogP contribution in [-0.2, 0) is 20.8 Å². The van der Waals surface area contributed by atoms with Crippen molar-refractivity contribution in [2.24, 2.45) is 5.92 Å². The molecule has 9 heteroatoms. The van der Waals surface area contributed by atoms with Crippen LogP contribution in [0.2, 0.25) is 0 Å². The molecule has 2 heterocycles. The molecule has 2 amide bonds. The number of aromatic nitrogens is 1. The zero-order valence-corrected chi connectivity index (χ0v) is 21.2. The molecule has 1 aliphatic heterocycles. The van der Waals surface area contributed by atoms with Gasteiger partial charge >= 0.3 is 0 Å². The zero-order valence-electron chi connectivity index (χ0n) is 21.2. The van der Waals surface area contributed by atoms with Crippen molar-refractivity contribution in [1.29, 1.82) is 0 Å². The highest BCUT2D eigenvalue weighted by molar-refractivity contribution is 5.99. The Hall–Kier alpha value is -3.01. The molecule has 0 fully saturated rings. The van der Waals surface area contributed by atoms with Crippen LogP contribution < -0.4 is 10.1 Å². The van der Waals surface area contributed by atoms with Crippen LogP contribution >= 0.6 is 0 Å². The minimum Gasteiger partial charge on any atom is -0.491 e. The number of rotatable bonds is 6. The first-order valence-corrected chi connectivity index (χ1v) is 11.8. The van der Waals surface area contributed by atoms with Gasteiger partial charge in [0, 0.05) is 58.8 Å². The van der Waals surface area contributed by atoms with Crippen LogP contribution in [0.1, 0.15) is 29.9 Å². The number of methoxy groups -OCH3 is 2. The molecule has 0 radical (unpaired) electrons. The molecule has 190 valence electrons. The van der Waals surface area contributed by atoms with Crippen LogP contribution in [0.25, 0.3) is 0 Å². The summed E-state index contributed by atoms with van der Waals surface area (Å²) in [4.78, 5) is 33.9. The van der Waals surface area contributed by atoms with Gasteiger partial charge in [-0.2, -0.15) is 0 Å². The Bertz CT molecular complexity index is 987. The van der Waals surface area contributed by atoms with Gasteiger partial charge < -0.3 is 24.4 Å². The van der Waals surface area contributed by atoms with Crippen LogP contribution in [0.5, 0.6) is 5.75 Å². The lowest BCUT2D eigenvalue weighted by atomic mass is 10.0. The molecule has 1 aromatic carbocycles. The maximum Gasteiger partial charge on any atom is 0.257 e. The highest BCUT2D eigenvalue weighted by Crippen LogP contribution is 2.26. The van der Waals surface area contributed by atoms with Crippen molar-refractivity contribution in [3.63, 3.8) is 0 Å². The van der Waals surface area contributed by atoms with Crippen LogP contribution in [0, 0.1) is 5.92 Å². The number of amides is 2. The first-order chi connectivity index (χ1) is 16.8. The lowest BCUT2D eigenvalue weighted by Crippen LogP contribution is -2.46. The van der Waals surface area contributed by atoms with Crippen molar-refractivity contribution >= 4 is 17.5 Å². The van der Waals surface area contributed by atoms with Gasteiger partial charge in [-0.25, -0.2) is 0 Å². The van der Waals surface area contributed by atoms with Gasteiger partial charge in [0.15, 0.2) is 0 Å². The zero-order chi connectivity index (χ0) is 25.4. The number of hydrogen-bond donors (Lipinski definition) is 1. The molecule has 0 aliphatic carbocycles. The number of fused-ring (bicyclic) bond motifs is 1. The van der Waals surface area contributed by atoms with Gasteiger partial charge in [-0.15, -0.1) is 0 Å². The smallest absolute Gasteiger partial charge is 0.257 e. The van der Waals surface area contributed by atoms with E-state index in [9.17, 15) is 9.59 Å². The summed E-state index contributed by atoms with van der Waals surface area (Å²) in [5, 5.41) is 2.75. The Balaban J connectivity index is 1.92. The summed E-state index contributed by atoms with van der Waals surface area (Å²) in [5.74, 6) is 0.129. The van der Waals surface area contributed by atoms with Gasteiger partial charge in [-0.1, -0.05) is 13.0 Å². The lowest BCUT2D eigenvalue weighted by molar-refractivity contribution is -0.119. The number of pyridine rings is 1. The minimum atomic E-state index is -0.297. The van der Waals surface area contributed by atoms with Gasteiger partial charge in [-0.05, 0) is 43.2 Å². The molecule has 3 rings (SSSR count). The Morgan fingerprint density at radius 1 is 1.20 bits per heavy atom. The fraction of sp³-hybridized carbons (Fsp3) is 0.500. The van der Waals surface area contributed by atoms with Gasteiger partial charge in [0.05, 0.1) is 17.4 Å². The largest absolute Gasteiger partial charge is 0.491 e. The third kappa shape index (κ3) is 7.24. The maximum atomic E-state index is 13.4. The first kappa shape index (κ1) is 26.6. The third-order valence-electron chi connectivity index (χ3n) is 6.22. The Kier molecular flexibility index (Phi) is 9.59. The molecule has 1 aliphatic rings. The van der Waals surface area contributed by atoms with Gasteiger partial charge in [-0.3, -0.25) is 19.5 Å². The highest BCUT2D eigenvalue weighted by Gasteiger charge is 2.28. The SMILES string of the molecule is COCC(=O)Nc1ccc2c(c1)C(=O)N(C)C[C@H](OC)[C@H](C)CN(Cc1ccccn1)[C@H](C)CO2. The summed E-state index contributed by atoms with van der Waals surface area (Å²) in [6.07, 6.45) is 1.64. The number of nitrogens with one attached hydrogen (secondary N) is 1. The highest BCUT2D eigenvalue weighted by atomic mass is 16.5. The number of nitrogens with zero attached hydrogens (tertiary/aromatic N) is 3. The molecular formula is C26H36N4O5. The van der Waals surface area contributed by atoms with Crippen LogP contribution in [0.3, 0.4) is 0 Å². The number of carbonyl (C=O) groups excluding carboxylic acids is 2. The summed E-state index contributed by atoms with van der Waals surface area (Å²) in [5.41, 5.74) is 1.87. The number of hydrogen-bond acceptors (Lipinski definition) is 7. The van der Waals surface area contributed by atoms with E-state index in [1.165, 1.54) is 7.11 Å². The molecular weight excluding hydrogens is 448 g/mol. The predicted octanol–water partition coefficient (Wildman–Crippen LogP) is 2.67. The molecule has 0 saturated heterocycles. The van der Waals surface area contributed by atoms with Gasteiger partial charge in [0.25, 0.3) is 5.91 Å². The minimum absolute atomic E-state index is 0.0538. The lowest BCUT2D eigenvalue weighted by Gasteiger charge is -2.35. The van der Waals surface area contributed by atoms with E-state index in [1.54, 1.807) is 43.5 Å². The average molecular weight is 485 g/mol. The van der Waals surface area contributed by atoms with Crippen LogP contribution in [0.4, 0.5) is 5.69 Å². The summed E-state index contributed by atoms with van der Waals surface area (Å²) in [6.45, 7) is 6.42. The number of carbonyl (C=O) groups is 2. The summed E-state index contributed by atoms with van der Waals surface area (Å²) >= 11 is 0. The molecule has 0 saturated carbocycles. The van der Waals surface area contributed by atoms with Crippen molar-refractivity contribution in [2.75, 3.05) is 52.9 Å². The summed E-state index contributed by atoms with van der Waals surface area (Å²) < 4.78 is 16.9. The van der Waals surface area contributed by atoms with Gasteiger partial charge in [0.2, 0.25) is 5.91 Å². The predicted molar refractivity (Wildman–Crippen MR) is 133 cm³/mol. The van der Waals surface area contributed by atoms with Crippen LogP contribution in [-0.4, -0.2) is 86.3 Å². The van der Waals surface area contributed by atoms with Crippen molar-refractivity contribution in [3.8, 4) is 5.75 Å². The second-order valence-corrected chi connectivity index (χ2v) is 9.04. The molecule has 1 N–H and O–H groups in total. The topological polar surface area (TPSA) is 93.2 Å². The normalized spacial score (nSPS) is 21.9. The number of likely N-dealkylation sites (N-methyl/N-ethyl adjacent to an activating group) is 1. The summed E-state index contributed by atoms with van der Waals surface area (Å²) in [7, 11) is 4.88. The number of anilines is 1. The number of benzene rings is 1. The second kappa shape index (κ2) is 12.6. The van der Waals surface area contributed by atoms with Crippen LogP contribution in [0.15, 0.2) is 42.6 Å². The molecule has 1 aromatic heterocycles. The molecule has 35 heavy (non-hydrogen) atoms. The van der Waals surface area contributed by atoms with E-state index in [0.717, 1.165) is 12.2 Å². The second-order valence-electron chi connectivity index (χ2n) is 9.04. The molecule has 2 aromatic rings. The molecule has 0 unspecified atom stereocenters. The van der Waals surface area contributed by atoms with Crippen molar-refractivity contribution in [3.05, 3.63) is 53.9 Å². The quantitative estimate of drug-likeness (QED) is 0.674. The molecule has 0 spiro atoms. The van der Waals surface area contributed by atoms with E-state index >= 15 is 0 Å². The van der Waals surface area contributed by atoms with Crippen molar-refractivity contribution in [1.82, 2.24) is 14.8 Å².